The van der Waals surface area contributed by atoms with Crippen molar-refractivity contribution in [1.82, 2.24) is 10.3 Å². The third-order valence-electron chi connectivity index (χ3n) is 4.97. The van der Waals surface area contributed by atoms with Crippen molar-refractivity contribution in [3.05, 3.63) is 77.0 Å². The molecule has 0 amide bonds. The summed E-state index contributed by atoms with van der Waals surface area (Å²) in [5, 5.41) is 22.8. The number of halogens is 6. The van der Waals surface area contributed by atoms with E-state index in [0.717, 1.165) is 11.6 Å². The van der Waals surface area contributed by atoms with E-state index in [-0.39, 0.29) is 24.1 Å². The second-order valence-corrected chi connectivity index (χ2v) is 7.29. The van der Waals surface area contributed by atoms with Gasteiger partial charge in [-0.05, 0) is 29.7 Å². The SMILES string of the molecule is OC[C@@H](Cc1ccccc1)NC[C@@H](O)c1cc(C(F)(F)F)nc2c(C(F)(F)F)cccc12. The maximum atomic E-state index is 13.4. The van der Waals surface area contributed by atoms with E-state index >= 15 is 0 Å². The molecule has 0 fully saturated rings. The first-order chi connectivity index (χ1) is 15.0. The van der Waals surface area contributed by atoms with Gasteiger partial charge in [-0.15, -0.1) is 0 Å². The van der Waals surface area contributed by atoms with E-state index in [0.29, 0.717) is 18.6 Å². The number of aromatic nitrogens is 1. The van der Waals surface area contributed by atoms with Crippen LogP contribution in [0.1, 0.15) is 28.5 Å². The number of nitrogens with zero attached hydrogens (tertiary/aromatic N) is 1. The van der Waals surface area contributed by atoms with Crippen molar-refractivity contribution in [3.63, 3.8) is 0 Å². The van der Waals surface area contributed by atoms with Crippen LogP contribution in [-0.2, 0) is 18.8 Å². The Morgan fingerprint density at radius 2 is 1.59 bits per heavy atom. The number of rotatable bonds is 7. The van der Waals surface area contributed by atoms with E-state index < -0.39 is 41.3 Å². The van der Waals surface area contributed by atoms with Gasteiger partial charge in [0.25, 0.3) is 0 Å². The highest BCUT2D eigenvalue weighted by Gasteiger charge is 2.38. The van der Waals surface area contributed by atoms with Crippen LogP contribution in [0.25, 0.3) is 10.9 Å². The van der Waals surface area contributed by atoms with Gasteiger partial charge in [-0.25, -0.2) is 4.98 Å². The number of alkyl halides is 6. The standard InChI is InChI=1S/C22H20F6N2O2/c23-21(24,25)17-8-4-7-15-16(10-19(22(26,27)28)30-20(15)17)18(32)11-29-14(12-31)9-13-5-2-1-3-6-13/h1-8,10,14,18,29,31-32H,9,11-12H2/t14-,18-/m1/s1. The number of fused-ring (bicyclic) bond motifs is 1. The number of aliphatic hydroxyl groups is 2. The molecule has 172 valence electrons. The van der Waals surface area contributed by atoms with Gasteiger partial charge in [0, 0.05) is 18.0 Å². The quantitative estimate of drug-likeness (QED) is 0.457. The monoisotopic (exact) mass is 458 g/mol. The Labute approximate surface area is 179 Å². The molecule has 0 spiro atoms. The summed E-state index contributed by atoms with van der Waals surface area (Å²) in [6.45, 7) is -0.602. The Bertz CT molecular complexity index is 1050. The summed E-state index contributed by atoms with van der Waals surface area (Å²) in [5.41, 5.74) is -3.18. The maximum absolute atomic E-state index is 13.4. The van der Waals surface area contributed by atoms with Gasteiger partial charge in [0.15, 0.2) is 0 Å². The summed E-state index contributed by atoms with van der Waals surface area (Å²) in [4.78, 5) is 3.21. The zero-order valence-corrected chi connectivity index (χ0v) is 16.6. The molecule has 3 rings (SSSR count). The smallest absolute Gasteiger partial charge is 0.395 e. The van der Waals surface area contributed by atoms with Crippen molar-refractivity contribution in [3.8, 4) is 0 Å². The van der Waals surface area contributed by atoms with Gasteiger partial charge in [-0.2, -0.15) is 26.3 Å². The van der Waals surface area contributed by atoms with E-state index in [1.54, 1.807) is 12.1 Å². The molecule has 0 radical (unpaired) electrons. The highest BCUT2D eigenvalue weighted by Crippen LogP contribution is 2.38. The minimum absolute atomic E-state index is 0.231. The van der Waals surface area contributed by atoms with E-state index in [1.807, 2.05) is 18.2 Å². The Balaban J connectivity index is 1.94. The number of para-hydroxylation sites is 1. The molecular formula is C22H20F6N2O2. The molecule has 0 saturated heterocycles. The van der Waals surface area contributed by atoms with Gasteiger partial charge >= 0.3 is 12.4 Å². The Morgan fingerprint density at radius 3 is 2.19 bits per heavy atom. The molecule has 0 aliphatic heterocycles. The van der Waals surface area contributed by atoms with Crippen molar-refractivity contribution < 1.29 is 36.6 Å². The van der Waals surface area contributed by atoms with Crippen LogP contribution >= 0.6 is 0 Å². The summed E-state index contributed by atoms with van der Waals surface area (Å²) in [7, 11) is 0. The largest absolute Gasteiger partial charge is 0.433 e. The molecule has 1 heterocycles. The van der Waals surface area contributed by atoms with E-state index in [4.69, 9.17) is 0 Å². The molecule has 2 aromatic carbocycles. The van der Waals surface area contributed by atoms with E-state index in [2.05, 4.69) is 10.3 Å². The minimum Gasteiger partial charge on any atom is -0.395 e. The Hall–Kier alpha value is -2.69. The lowest BCUT2D eigenvalue weighted by Gasteiger charge is -2.21. The van der Waals surface area contributed by atoms with Gasteiger partial charge in [-0.3, -0.25) is 0 Å². The summed E-state index contributed by atoms with van der Waals surface area (Å²) < 4.78 is 80.1. The van der Waals surface area contributed by atoms with E-state index in [9.17, 15) is 36.6 Å². The zero-order valence-electron chi connectivity index (χ0n) is 16.6. The molecule has 3 N–H and O–H groups in total. The number of pyridine rings is 1. The Morgan fingerprint density at radius 1 is 0.906 bits per heavy atom. The fourth-order valence-corrected chi connectivity index (χ4v) is 3.41. The molecule has 4 nitrogen and oxygen atoms in total. The fourth-order valence-electron chi connectivity index (χ4n) is 3.41. The van der Waals surface area contributed by atoms with Crippen LogP contribution in [0.5, 0.6) is 0 Å². The number of hydrogen-bond donors (Lipinski definition) is 3. The Kier molecular flexibility index (Phi) is 7.06. The van der Waals surface area contributed by atoms with Gasteiger partial charge in [-0.1, -0.05) is 42.5 Å². The van der Waals surface area contributed by atoms with Gasteiger partial charge in [0.05, 0.1) is 23.8 Å². The van der Waals surface area contributed by atoms with Crippen molar-refractivity contribution in [2.75, 3.05) is 13.2 Å². The summed E-state index contributed by atoms with van der Waals surface area (Å²) in [5.74, 6) is 0. The first-order valence-electron chi connectivity index (χ1n) is 9.65. The second-order valence-electron chi connectivity index (χ2n) is 7.29. The molecule has 32 heavy (non-hydrogen) atoms. The molecule has 10 heteroatoms. The molecular weight excluding hydrogens is 438 g/mol. The van der Waals surface area contributed by atoms with E-state index in [1.165, 1.54) is 6.07 Å². The van der Waals surface area contributed by atoms with Crippen molar-refractivity contribution in [2.45, 2.75) is 30.9 Å². The molecule has 2 atom stereocenters. The highest BCUT2D eigenvalue weighted by molar-refractivity contribution is 5.86. The number of nitrogens with one attached hydrogen (secondary N) is 1. The molecule has 0 unspecified atom stereocenters. The predicted octanol–water partition coefficient (Wildman–Crippen LogP) is 4.50. The van der Waals surface area contributed by atoms with Gasteiger partial charge < -0.3 is 15.5 Å². The number of hydrogen-bond acceptors (Lipinski definition) is 4. The van der Waals surface area contributed by atoms with Crippen LogP contribution < -0.4 is 5.32 Å². The third kappa shape index (κ3) is 5.56. The average Bonchev–Trinajstić information content (AvgIpc) is 2.74. The van der Waals surface area contributed by atoms with Gasteiger partial charge in [0.2, 0.25) is 0 Å². The predicted molar refractivity (Wildman–Crippen MR) is 106 cm³/mol. The fraction of sp³-hybridized carbons (Fsp3) is 0.318. The highest BCUT2D eigenvalue weighted by atomic mass is 19.4. The van der Waals surface area contributed by atoms with Crippen molar-refractivity contribution >= 4 is 10.9 Å². The van der Waals surface area contributed by atoms with Crippen LogP contribution in [0.2, 0.25) is 0 Å². The zero-order chi connectivity index (χ0) is 23.5. The molecule has 0 aliphatic rings. The molecule has 1 aromatic heterocycles. The summed E-state index contributed by atoms with van der Waals surface area (Å²) >= 11 is 0. The van der Waals surface area contributed by atoms with Crippen molar-refractivity contribution in [1.29, 1.82) is 0 Å². The second kappa shape index (κ2) is 9.43. The normalized spacial score (nSPS) is 14.5. The molecule has 0 aliphatic carbocycles. The van der Waals surface area contributed by atoms with Gasteiger partial charge in [0.1, 0.15) is 5.69 Å². The van der Waals surface area contributed by atoms with Crippen LogP contribution in [0.15, 0.2) is 54.6 Å². The summed E-state index contributed by atoms with van der Waals surface area (Å²) in [6.07, 6.45) is -11.1. The number of benzene rings is 2. The molecule has 3 aromatic rings. The first kappa shape index (κ1) is 24.0. The third-order valence-corrected chi connectivity index (χ3v) is 4.97. The molecule has 0 bridgehead atoms. The minimum atomic E-state index is -5.00. The van der Waals surface area contributed by atoms with Crippen LogP contribution in [0.4, 0.5) is 26.3 Å². The van der Waals surface area contributed by atoms with Crippen LogP contribution in [0, 0.1) is 0 Å². The van der Waals surface area contributed by atoms with Crippen molar-refractivity contribution in [2.24, 2.45) is 0 Å². The van der Waals surface area contributed by atoms with Crippen LogP contribution in [-0.4, -0.2) is 34.4 Å². The lowest BCUT2D eigenvalue weighted by atomic mass is 9.99. The first-order valence-corrected chi connectivity index (χ1v) is 9.65. The van der Waals surface area contributed by atoms with Crippen LogP contribution in [0.3, 0.4) is 0 Å². The number of aliphatic hydroxyl groups excluding tert-OH is 2. The topological polar surface area (TPSA) is 65.4 Å². The molecule has 0 saturated carbocycles. The maximum Gasteiger partial charge on any atom is 0.433 e. The lowest BCUT2D eigenvalue weighted by molar-refractivity contribution is -0.142. The summed E-state index contributed by atoms with van der Waals surface area (Å²) in [6, 6.07) is 12.0. The average molecular weight is 458 g/mol. The lowest BCUT2D eigenvalue weighted by Crippen LogP contribution is -2.37.